The van der Waals surface area contributed by atoms with Gasteiger partial charge in [-0.05, 0) is 44.4 Å². The highest BCUT2D eigenvalue weighted by molar-refractivity contribution is 5.84. The van der Waals surface area contributed by atoms with Crippen molar-refractivity contribution in [1.82, 2.24) is 20.2 Å². The van der Waals surface area contributed by atoms with E-state index in [1.165, 1.54) is 6.07 Å². The van der Waals surface area contributed by atoms with Gasteiger partial charge < -0.3 is 20.7 Å². The van der Waals surface area contributed by atoms with E-state index in [0.717, 1.165) is 71.4 Å². The first-order chi connectivity index (χ1) is 14.5. The minimum atomic E-state index is -0.428. The second-order valence-electron chi connectivity index (χ2n) is 9.38. The van der Waals surface area contributed by atoms with Crippen LogP contribution < -0.4 is 21.5 Å². The highest BCUT2D eigenvalue weighted by Gasteiger charge is 2.53. The fourth-order valence-corrected chi connectivity index (χ4v) is 5.66. The van der Waals surface area contributed by atoms with Gasteiger partial charge in [-0.2, -0.15) is 4.98 Å². The number of fused-ring (bicyclic) bond motifs is 1. The molecule has 0 spiro atoms. The lowest BCUT2D eigenvalue weighted by Gasteiger charge is -2.53. The first-order valence-corrected chi connectivity index (χ1v) is 11.3. The number of aromatic amines is 1. The molecule has 3 heterocycles. The number of aromatic nitrogens is 2. The summed E-state index contributed by atoms with van der Waals surface area (Å²) in [5.74, 6) is 1.22. The lowest BCUT2D eigenvalue weighted by molar-refractivity contribution is -0.139. The van der Waals surface area contributed by atoms with Gasteiger partial charge in [0.05, 0.1) is 18.6 Å². The number of rotatable bonds is 4. The van der Waals surface area contributed by atoms with Crippen molar-refractivity contribution in [3.05, 3.63) is 16.4 Å². The van der Waals surface area contributed by atoms with Crippen LogP contribution in [0.1, 0.15) is 38.5 Å². The average molecular weight is 417 g/mol. The predicted molar refractivity (Wildman–Crippen MR) is 113 cm³/mol. The Hall–Kier alpha value is -2.13. The third kappa shape index (κ3) is 3.80. The van der Waals surface area contributed by atoms with E-state index < -0.39 is 5.41 Å². The Morgan fingerprint density at radius 2 is 2.03 bits per heavy atom. The number of H-pyrrole nitrogens is 1. The summed E-state index contributed by atoms with van der Waals surface area (Å²) in [6.45, 7) is 4.97. The van der Waals surface area contributed by atoms with Gasteiger partial charge in [-0.3, -0.25) is 19.5 Å². The van der Waals surface area contributed by atoms with Gasteiger partial charge in [0, 0.05) is 44.3 Å². The third-order valence-corrected chi connectivity index (χ3v) is 7.48. The number of piperidine rings is 1. The van der Waals surface area contributed by atoms with Crippen molar-refractivity contribution in [3.63, 3.8) is 0 Å². The van der Waals surface area contributed by atoms with E-state index in [4.69, 9.17) is 10.5 Å². The third-order valence-electron chi connectivity index (χ3n) is 7.48. The van der Waals surface area contributed by atoms with E-state index in [2.05, 4.69) is 25.1 Å². The molecule has 0 radical (unpaired) electrons. The number of carbonyl (C=O) groups is 1. The van der Waals surface area contributed by atoms with E-state index >= 15 is 0 Å². The van der Waals surface area contributed by atoms with Crippen LogP contribution in [-0.4, -0.2) is 72.3 Å². The Kier molecular flexibility index (Phi) is 5.18. The summed E-state index contributed by atoms with van der Waals surface area (Å²) >= 11 is 0. The quantitative estimate of drug-likeness (QED) is 0.647. The number of nitrogens with zero attached hydrogens (tertiary/aromatic N) is 3. The lowest BCUT2D eigenvalue weighted by Crippen LogP contribution is -2.61. The molecule has 1 aromatic rings. The van der Waals surface area contributed by atoms with Crippen LogP contribution in [0.3, 0.4) is 0 Å². The average Bonchev–Trinajstić information content (AvgIpc) is 3.57. The SMILES string of the molecule is Nc1nc(N2CC[C@@H]3C[C@H](N4CCOCC4)CC[C@@]3(C(=O)NC3CC3)C2)cc(=O)[nH]1. The molecule has 30 heavy (non-hydrogen) atoms. The zero-order valence-corrected chi connectivity index (χ0v) is 17.4. The molecule has 5 rings (SSSR count). The van der Waals surface area contributed by atoms with Crippen molar-refractivity contribution in [2.45, 2.75) is 50.6 Å². The van der Waals surface area contributed by atoms with E-state index in [0.29, 0.717) is 30.4 Å². The van der Waals surface area contributed by atoms with E-state index in [-0.39, 0.29) is 17.4 Å². The molecule has 3 atom stereocenters. The van der Waals surface area contributed by atoms with Gasteiger partial charge in [-0.15, -0.1) is 0 Å². The summed E-state index contributed by atoms with van der Waals surface area (Å²) in [5.41, 5.74) is 5.09. The van der Waals surface area contributed by atoms with Crippen molar-refractivity contribution in [2.75, 3.05) is 50.0 Å². The van der Waals surface area contributed by atoms with Gasteiger partial charge in [0.25, 0.3) is 5.56 Å². The zero-order valence-electron chi connectivity index (χ0n) is 17.4. The van der Waals surface area contributed by atoms with Crippen LogP contribution in [0.15, 0.2) is 10.9 Å². The summed E-state index contributed by atoms with van der Waals surface area (Å²) in [7, 11) is 0. The van der Waals surface area contributed by atoms with Crippen molar-refractivity contribution < 1.29 is 9.53 Å². The number of amides is 1. The monoisotopic (exact) mass is 416 g/mol. The first-order valence-electron chi connectivity index (χ1n) is 11.3. The largest absolute Gasteiger partial charge is 0.379 e. The smallest absolute Gasteiger partial charge is 0.254 e. The van der Waals surface area contributed by atoms with E-state index in [9.17, 15) is 9.59 Å². The molecule has 1 aromatic heterocycles. The minimum absolute atomic E-state index is 0.118. The van der Waals surface area contributed by atoms with Crippen LogP contribution in [0.4, 0.5) is 11.8 Å². The van der Waals surface area contributed by atoms with Crippen molar-refractivity contribution in [2.24, 2.45) is 11.3 Å². The summed E-state index contributed by atoms with van der Waals surface area (Å²) in [6, 6.07) is 2.36. The maximum atomic E-state index is 13.5. The van der Waals surface area contributed by atoms with Gasteiger partial charge in [0.15, 0.2) is 0 Å². The molecule has 0 unspecified atom stereocenters. The zero-order chi connectivity index (χ0) is 20.7. The Bertz CT molecular complexity index is 849. The summed E-state index contributed by atoms with van der Waals surface area (Å²) in [4.78, 5) is 36.9. The normalized spacial score (nSPS) is 32.5. The van der Waals surface area contributed by atoms with Gasteiger partial charge >= 0.3 is 0 Å². The Labute approximate surface area is 176 Å². The minimum Gasteiger partial charge on any atom is -0.379 e. The molecule has 2 aliphatic heterocycles. The number of anilines is 2. The van der Waals surface area contributed by atoms with Gasteiger partial charge in [0.1, 0.15) is 5.82 Å². The van der Waals surface area contributed by atoms with Crippen molar-refractivity contribution >= 4 is 17.7 Å². The number of hydrogen-bond acceptors (Lipinski definition) is 7. The van der Waals surface area contributed by atoms with E-state index in [1.807, 2.05) is 0 Å². The Balaban J connectivity index is 1.39. The van der Waals surface area contributed by atoms with Crippen LogP contribution in [0.2, 0.25) is 0 Å². The van der Waals surface area contributed by atoms with E-state index in [1.54, 1.807) is 0 Å². The van der Waals surface area contributed by atoms with Crippen LogP contribution in [0.25, 0.3) is 0 Å². The Morgan fingerprint density at radius 3 is 2.77 bits per heavy atom. The van der Waals surface area contributed by atoms with Crippen LogP contribution in [0, 0.1) is 11.3 Å². The molecular weight excluding hydrogens is 384 g/mol. The molecule has 4 aliphatic rings. The molecule has 2 aliphatic carbocycles. The molecule has 0 bridgehead atoms. The second kappa shape index (κ2) is 7.85. The summed E-state index contributed by atoms with van der Waals surface area (Å²) in [5, 5.41) is 3.29. The predicted octanol–water partition coefficient (Wildman–Crippen LogP) is 0.328. The number of ether oxygens (including phenoxy) is 1. The summed E-state index contributed by atoms with van der Waals surface area (Å²) < 4.78 is 5.53. The number of carbonyl (C=O) groups excluding carboxylic acids is 1. The molecule has 4 N–H and O–H groups in total. The van der Waals surface area contributed by atoms with Gasteiger partial charge in [-0.25, -0.2) is 0 Å². The maximum absolute atomic E-state index is 13.5. The molecule has 2 saturated carbocycles. The molecule has 0 aromatic carbocycles. The number of nitrogen functional groups attached to an aromatic ring is 1. The lowest BCUT2D eigenvalue weighted by atomic mass is 9.61. The molecule has 1 amide bonds. The van der Waals surface area contributed by atoms with Crippen LogP contribution >= 0.6 is 0 Å². The molecule has 164 valence electrons. The number of nitrogens with two attached hydrogens (primary N) is 1. The number of morpholine rings is 1. The fourth-order valence-electron chi connectivity index (χ4n) is 5.66. The number of hydrogen-bond donors (Lipinski definition) is 3. The molecular formula is C21H32N6O3. The van der Waals surface area contributed by atoms with Crippen LogP contribution in [-0.2, 0) is 9.53 Å². The molecule has 2 saturated heterocycles. The molecule has 4 fully saturated rings. The maximum Gasteiger partial charge on any atom is 0.254 e. The highest BCUT2D eigenvalue weighted by atomic mass is 16.5. The fraction of sp³-hybridized carbons (Fsp3) is 0.762. The number of nitrogens with one attached hydrogen (secondary N) is 2. The second-order valence-corrected chi connectivity index (χ2v) is 9.38. The van der Waals surface area contributed by atoms with Gasteiger partial charge in [0.2, 0.25) is 11.9 Å². The van der Waals surface area contributed by atoms with Gasteiger partial charge in [-0.1, -0.05) is 0 Å². The molecule has 9 nitrogen and oxygen atoms in total. The Morgan fingerprint density at radius 1 is 1.23 bits per heavy atom. The van der Waals surface area contributed by atoms with Crippen LogP contribution in [0.5, 0.6) is 0 Å². The van der Waals surface area contributed by atoms with Crippen molar-refractivity contribution in [1.29, 1.82) is 0 Å². The first kappa shape index (κ1) is 19.8. The molecule has 9 heteroatoms. The summed E-state index contributed by atoms with van der Waals surface area (Å²) in [6.07, 6.45) is 6.03. The highest BCUT2D eigenvalue weighted by Crippen LogP contribution is 2.48. The topological polar surface area (TPSA) is 117 Å². The van der Waals surface area contributed by atoms with Crippen molar-refractivity contribution in [3.8, 4) is 0 Å². The standard InChI is InChI=1S/C21H32N6O3/c22-20-24-17(12-18(28)25-20)27-6-4-14-11-16(26-7-9-30-10-8-26)3-5-21(14,13-27)19(29)23-15-1-2-15/h12,14-16H,1-11,13H2,(H,23,29)(H3,22,24,25,28)/t14-,16-,21-/m1/s1.